The molecule has 3 N–H and O–H groups in total. The van der Waals surface area contributed by atoms with Gasteiger partial charge in [-0.3, -0.25) is 18.6 Å². The van der Waals surface area contributed by atoms with Gasteiger partial charge >= 0.3 is 19.8 Å². The van der Waals surface area contributed by atoms with Gasteiger partial charge in [-0.2, -0.15) is 6.42 Å². The maximum Gasteiger partial charge on any atom is 0.472 e. The fourth-order valence-corrected chi connectivity index (χ4v) is 6.02. The van der Waals surface area contributed by atoms with Gasteiger partial charge in [-0.25, -0.2) is 4.57 Å². The second-order valence-corrected chi connectivity index (χ2v) is 14.4. The van der Waals surface area contributed by atoms with Crippen molar-refractivity contribution in [3.8, 4) is 0 Å². The van der Waals surface area contributed by atoms with Crippen LogP contribution in [0.15, 0.2) is 24.3 Å². The number of allylic oxidation sites excluding steroid dienone is 4. The van der Waals surface area contributed by atoms with Crippen LogP contribution in [-0.2, 0) is 32.7 Å². The molecule has 10 heteroatoms. The Morgan fingerprint density at radius 2 is 1.10 bits per heavy atom. The molecule has 0 heterocycles. The number of rotatable bonds is 37. The first-order chi connectivity index (χ1) is 23.8. The first kappa shape index (κ1) is 47.5. The van der Waals surface area contributed by atoms with E-state index in [2.05, 4.69) is 38.2 Å². The van der Waals surface area contributed by atoms with Gasteiger partial charge in [-0.1, -0.05) is 115 Å². The number of hydrogen-bond donors (Lipinski definition) is 2. The molecular formula is C39H73NO8P-. The molecule has 0 aromatic carbocycles. The zero-order valence-electron chi connectivity index (χ0n) is 31.1. The monoisotopic (exact) mass is 715 g/mol. The molecule has 0 aromatic rings. The average molecular weight is 715 g/mol. The highest BCUT2D eigenvalue weighted by molar-refractivity contribution is 7.47. The molecule has 9 nitrogen and oxygen atoms in total. The molecule has 0 radical (unpaired) electrons. The number of unbranched alkanes of at least 4 members (excludes halogenated alkanes) is 20. The lowest BCUT2D eigenvalue weighted by atomic mass is 10.1. The zero-order chi connectivity index (χ0) is 36.1. The van der Waals surface area contributed by atoms with Crippen LogP contribution in [0.25, 0.3) is 0 Å². The van der Waals surface area contributed by atoms with E-state index in [0.717, 1.165) is 83.5 Å². The molecule has 2 atom stereocenters. The largest absolute Gasteiger partial charge is 0.472 e. The highest BCUT2D eigenvalue weighted by Crippen LogP contribution is 2.43. The smallest absolute Gasteiger partial charge is 0.462 e. The van der Waals surface area contributed by atoms with E-state index in [9.17, 15) is 19.0 Å². The van der Waals surface area contributed by atoms with Crippen molar-refractivity contribution in [3.05, 3.63) is 31.2 Å². The van der Waals surface area contributed by atoms with E-state index < -0.39 is 32.5 Å². The van der Waals surface area contributed by atoms with Crippen molar-refractivity contribution in [2.24, 2.45) is 5.73 Å². The number of carbonyl (C=O) groups is 2. The van der Waals surface area contributed by atoms with Crippen LogP contribution in [0, 0.1) is 6.92 Å². The summed E-state index contributed by atoms with van der Waals surface area (Å²) in [7, 11) is -4.37. The van der Waals surface area contributed by atoms with Gasteiger partial charge in [-0.05, 0) is 64.2 Å². The van der Waals surface area contributed by atoms with Gasteiger partial charge in [0, 0.05) is 19.4 Å². The Bertz CT molecular complexity index is 866. The van der Waals surface area contributed by atoms with Crippen LogP contribution >= 0.6 is 7.82 Å². The van der Waals surface area contributed by atoms with Crippen LogP contribution in [0.5, 0.6) is 0 Å². The second kappa shape index (κ2) is 36.3. The van der Waals surface area contributed by atoms with Crippen LogP contribution in [0.4, 0.5) is 0 Å². The SMILES string of the molecule is [CH2-]CCCCC/C=C/CCCCCCCC(=O)OC[C@H](COP(=O)(O)OCCN)OC(=O)CCCCCCC/C=C\CCCCCCCC. The minimum Gasteiger partial charge on any atom is -0.462 e. The molecule has 0 saturated heterocycles. The van der Waals surface area contributed by atoms with Gasteiger partial charge in [0.25, 0.3) is 0 Å². The minimum absolute atomic E-state index is 0.0501. The third kappa shape index (κ3) is 36.1. The van der Waals surface area contributed by atoms with Crippen LogP contribution in [-0.4, -0.2) is 49.3 Å². The Balaban J connectivity index is 4.23. The van der Waals surface area contributed by atoms with Gasteiger partial charge in [-0.15, -0.1) is 0 Å². The van der Waals surface area contributed by atoms with E-state index in [1.165, 1.54) is 64.2 Å². The van der Waals surface area contributed by atoms with Crippen LogP contribution < -0.4 is 5.73 Å². The van der Waals surface area contributed by atoms with Gasteiger partial charge in [0.05, 0.1) is 13.2 Å². The Hall–Kier alpha value is -1.51. The first-order valence-electron chi connectivity index (χ1n) is 19.6. The van der Waals surface area contributed by atoms with Gasteiger partial charge in [0.2, 0.25) is 0 Å². The molecule has 0 aliphatic carbocycles. The van der Waals surface area contributed by atoms with E-state index in [1.54, 1.807) is 0 Å². The number of esters is 2. The van der Waals surface area contributed by atoms with Gasteiger partial charge < -0.3 is 27.0 Å². The fourth-order valence-electron chi connectivity index (χ4n) is 5.26. The summed E-state index contributed by atoms with van der Waals surface area (Å²) < 4.78 is 32.6. The Labute approximate surface area is 300 Å². The van der Waals surface area contributed by atoms with E-state index in [0.29, 0.717) is 6.42 Å². The normalized spacial score (nSPS) is 13.6. The quantitative estimate of drug-likeness (QED) is 0.0212. The predicted molar refractivity (Wildman–Crippen MR) is 201 cm³/mol. The minimum atomic E-state index is -4.37. The molecule has 0 saturated carbocycles. The summed E-state index contributed by atoms with van der Waals surface area (Å²) >= 11 is 0. The van der Waals surface area contributed by atoms with Gasteiger partial charge in [0.15, 0.2) is 6.10 Å². The average Bonchev–Trinajstić information content (AvgIpc) is 3.08. The standard InChI is InChI=1S/C39H73NO8P/c1-3-5-7-9-11-13-15-17-18-20-22-24-26-28-30-32-39(42)48-37(36-47-49(43,44)46-34-33-40)35-45-38(41)31-29-27-25-23-21-19-16-14-12-10-8-6-4-2/h14,16-18,37H,2-13,15,19-36,40H2,1H3,(H,43,44)/q-1/b16-14+,18-17-/t37-/m1/s1. The lowest BCUT2D eigenvalue weighted by Crippen LogP contribution is -2.29. The summed E-state index contributed by atoms with van der Waals surface area (Å²) in [6, 6.07) is 0. The molecule has 0 aromatic heterocycles. The molecule has 288 valence electrons. The molecule has 49 heavy (non-hydrogen) atoms. The summed E-state index contributed by atoms with van der Waals surface area (Å²) in [5.41, 5.74) is 5.33. The maximum atomic E-state index is 12.5. The van der Waals surface area contributed by atoms with Crippen LogP contribution in [0.1, 0.15) is 174 Å². The van der Waals surface area contributed by atoms with Crippen molar-refractivity contribution in [1.29, 1.82) is 0 Å². The highest BCUT2D eigenvalue weighted by atomic mass is 31.2. The number of carbonyl (C=O) groups excluding carboxylic acids is 2. The van der Waals surface area contributed by atoms with E-state index >= 15 is 0 Å². The molecular weight excluding hydrogens is 641 g/mol. The summed E-state index contributed by atoms with van der Waals surface area (Å²) in [5.74, 6) is -0.853. The molecule has 0 aliphatic heterocycles. The zero-order valence-corrected chi connectivity index (χ0v) is 32.0. The molecule has 0 rings (SSSR count). The summed E-state index contributed by atoms with van der Waals surface area (Å²) in [4.78, 5) is 34.7. The van der Waals surface area contributed by atoms with Gasteiger partial charge in [0.1, 0.15) is 6.61 Å². The number of phosphoric ester groups is 1. The van der Waals surface area contributed by atoms with Crippen molar-refractivity contribution in [2.45, 2.75) is 180 Å². The lowest BCUT2D eigenvalue weighted by molar-refractivity contribution is -0.161. The molecule has 0 aliphatic rings. The molecule has 0 fully saturated rings. The van der Waals surface area contributed by atoms with Crippen molar-refractivity contribution >= 4 is 19.8 Å². The second-order valence-electron chi connectivity index (χ2n) is 13.0. The van der Waals surface area contributed by atoms with E-state index in [1.807, 2.05) is 0 Å². The fraction of sp³-hybridized carbons (Fsp3) is 0.821. The molecule has 0 bridgehead atoms. The Morgan fingerprint density at radius 1 is 0.653 bits per heavy atom. The summed E-state index contributed by atoms with van der Waals surface area (Å²) in [6.07, 6.45) is 35.7. The number of hydrogen-bond acceptors (Lipinski definition) is 8. The van der Waals surface area contributed by atoms with Crippen molar-refractivity contribution < 1.29 is 37.6 Å². The number of ether oxygens (including phenoxy) is 2. The predicted octanol–water partition coefficient (Wildman–Crippen LogP) is 10.6. The number of phosphoric acid groups is 1. The summed E-state index contributed by atoms with van der Waals surface area (Å²) in [6.45, 7) is 5.32. The van der Waals surface area contributed by atoms with Crippen molar-refractivity contribution in [2.75, 3.05) is 26.4 Å². The van der Waals surface area contributed by atoms with E-state index in [-0.39, 0.29) is 32.6 Å². The molecule has 0 spiro atoms. The third-order valence-corrected chi connectivity index (χ3v) is 9.19. The first-order valence-corrected chi connectivity index (χ1v) is 21.1. The summed E-state index contributed by atoms with van der Waals surface area (Å²) in [5, 5.41) is 0. The topological polar surface area (TPSA) is 134 Å². The van der Waals surface area contributed by atoms with Crippen molar-refractivity contribution in [3.63, 3.8) is 0 Å². The van der Waals surface area contributed by atoms with Crippen LogP contribution in [0.2, 0.25) is 0 Å². The van der Waals surface area contributed by atoms with E-state index in [4.69, 9.17) is 24.3 Å². The maximum absolute atomic E-state index is 12.5. The lowest BCUT2D eigenvalue weighted by Gasteiger charge is -2.19. The third-order valence-electron chi connectivity index (χ3n) is 8.21. The molecule has 0 amide bonds. The Kier molecular flexibility index (Phi) is 35.2. The Morgan fingerprint density at radius 3 is 1.59 bits per heavy atom. The number of nitrogens with two attached hydrogens (primary N) is 1. The highest BCUT2D eigenvalue weighted by Gasteiger charge is 2.25. The molecule has 1 unspecified atom stereocenters. The van der Waals surface area contributed by atoms with Crippen molar-refractivity contribution in [1.82, 2.24) is 0 Å². The van der Waals surface area contributed by atoms with Crippen LogP contribution in [0.3, 0.4) is 0 Å².